The minimum Gasteiger partial charge on any atom is -0.435 e. The van der Waals surface area contributed by atoms with Gasteiger partial charge in [-0.05, 0) is 55.8 Å². The average Bonchev–Trinajstić information content (AvgIpc) is 2.61. The molecule has 0 aliphatic carbocycles. The van der Waals surface area contributed by atoms with Crippen molar-refractivity contribution in [2.75, 3.05) is 0 Å². The number of amides is 1. The van der Waals surface area contributed by atoms with Crippen LogP contribution in [0.15, 0.2) is 53.4 Å². The standard InChI is InChI=1S/C18H19ClF2N2O4S/c1-11(13-4-3-5-15(10-13)27-18(20)21)22-17(24)12(2)23-28(25,26)16-8-6-14(19)7-9-16/h3-12,18,23H,1-2H3,(H,22,24)/t11?,12-/m0/s1. The summed E-state index contributed by atoms with van der Waals surface area (Å²) in [6.45, 7) is 0.0773. The van der Waals surface area contributed by atoms with Gasteiger partial charge in [-0.25, -0.2) is 8.42 Å². The number of hydrogen-bond acceptors (Lipinski definition) is 4. The zero-order valence-electron chi connectivity index (χ0n) is 15.0. The van der Waals surface area contributed by atoms with Crippen LogP contribution in [0.4, 0.5) is 8.78 Å². The van der Waals surface area contributed by atoms with Crippen molar-refractivity contribution in [2.45, 2.75) is 37.4 Å². The van der Waals surface area contributed by atoms with Gasteiger partial charge in [-0.15, -0.1) is 0 Å². The molecule has 0 heterocycles. The van der Waals surface area contributed by atoms with E-state index in [0.717, 1.165) is 0 Å². The van der Waals surface area contributed by atoms with Crippen molar-refractivity contribution in [1.82, 2.24) is 10.0 Å². The third-order valence-corrected chi connectivity index (χ3v) is 5.60. The van der Waals surface area contributed by atoms with E-state index in [2.05, 4.69) is 14.8 Å². The van der Waals surface area contributed by atoms with Crippen LogP contribution >= 0.6 is 11.6 Å². The minimum atomic E-state index is -3.91. The van der Waals surface area contributed by atoms with Gasteiger partial charge in [-0.1, -0.05) is 23.7 Å². The number of hydrogen-bond donors (Lipinski definition) is 2. The summed E-state index contributed by atoms with van der Waals surface area (Å²) in [7, 11) is -3.91. The molecule has 0 fully saturated rings. The first kappa shape index (κ1) is 22.1. The molecule has 2 atom stereocenters. The third kappa shape index (κ3) is 6.15. The monoisotopic (exact) mass is 432 g/mol. The predicted molar refractivity (Wildman–Crippen MR) is 101 cm³/mol. The Kier molecular flexibility index (Phi) is 7.34. The summed E-state index contributed by atoms with van der Waals surface area (Å²) in [5, 5.41) is 3.02. The number of sulfonamides is 1. The number of rotatable bonds is 8. The molecule has 0 radical (unpaired) electrons. The van der Waals surface area contributed by atoms with E-state index in [1.54, 1.807) is 13.0 Å². The van der Waals surface area contributed by atoms with E-state index in [1.165, 1.54) is 49.4 Å². The zero-order valence-corrected chi connectivity index (χ0v) is 16.6. The second-order valence-electron chi connectivity index (χ2n) is 5.98. The molecule has 10 heteroatoms. The van der Waals surface area contributed by atoms with Crippen LogP contribution in [0.2, 0.25) is 5.02 Å². The fourth-order valence-electron chi connectivity index (χ4n) is 2.35. The van der Waals surface area contributed by atoms with Gasteiger partial charge in [0.2, 0.25) is 15.9 Å². The first-order valence-electron chi connectivity index (χ1n) is 8.21. The van der Waals surface area contributed by atoms with Gasteiger partial charge in [0, 0.05) is 5.02 Å². The van der Waals surface area contributed by atoms with Crippen LogP contribution < -0.4 is 14.8 Å². The van der Waals surface area contributed by atoms with Gasteiger partial charge in [0.05, 0.1) is 17.0 Å². The van der Waals surface area contributed by atoms with E-state index in [-0.39, 0.29) is 10.6 Å². The number of carbonyl (C=O) groups is 1. The maximum absolute atomic E-state index is 12.3. The number of ether oxygens (including phenoxy) is 1. The van der Waals surface area contributed by atoms with E-state index in [9.17, 15) is 22.0 Å². The van der Waals surface area contributed by atoms with Crippen molar-refractivity contribution in [3.8, 4) is 5.75 Å². The smallest absolute Gasteiger partial charge is 0.387 e. The van der Waals surface area contributed by atoms with Crippen LogP contribution in [0.1, 0.15) is 25.5 Å². The number of alkyl halides is 2. The molecular formula is C18H19ClF2N2O4S. The second kappa shape index (κ2) is 9.31. The van der Waals surface area contributed by atoms with Crippen molar-refractivity contribution in [3.63, 3.8) is 0 Å². The van der Waals surface area contributed by atoms with Crippen LogP contribution in [0.3, 0.4) is 0 Å². The van der Waals surface area contributed by atoms with E-state index in [0.29, 0.717) is 10.6 Å². The molecule has 0 saturated carbocycles. The van der Waals surface area contributed by atoms with Crippen LogP contribution in [0.25, 0.3) is 0 Å². The second-order valence-corrected chi connectivity index (χ2v) is 8.13. The summed E-state index contributed by atoms with van der Waals surface area (Å²) < 4.78 is 55.9. The first-order valence-corrected chi connectivity index (χ1v) is 10.1. The lowest BCUT2D eigenvalue weighted by atomic mass is 10.1. The van der Waals surface area contributed by atoms with Gasteiger partial charge in [0.1, 0.15) is 5.75 Å². The number of benzene rings is 2. The summed E-state index contributed by atoms with van der Waals surface area (Å²) >= 11 is 5.74. The Balaban J connectivity index is 2.02. The van der Waals surface area contributed by atoms with Crippen LogP contribution in [0, 0.1) is 0 Å². The van der Waals surface area contributed by atoms with Gasteiger partial charge in [-0.3, -0.25) is 4.79 Å². The van der Waals surface area contributed by atoms with Crippen molar-refractivity contribution in [3.05, 3.63) is 59.1 Å². The molecule has 2 aromatic carbocycles. The summed E-state index contributed by atoms with van der Waals surface area (Å²) in [6, 6.07) is 9.77. The molecule has 2 N–H and O–H groups in total. The molecule has 0 bridgehead atoms. The summed E-state index contributed by atoms with van der Waals surface area (Å²) in [5.74, 6) is -0.615. The van der Waals surface area contributed by atoms with Crippen molar-refractivity contribution >= 4 is 27.5 Å². The van der Waals surface area contributed by atoms with Gasteiger partial charge in [0.25, 0.3) is 0 Å². The highest BCUT2D eigenvalue weighted by molar-refractivity contribution is 7.89. The highest BCUT2D eigenvalue weighted by atomic mass is 35.5. The lowest BCUT2D eigenvalue weighted by Crippen LogP contribution is -2.45. The summed E-state index contributed by atoms with van der Waals surface area (Å²) in [4.78, 5) is 12.3. The number of halogens is 3. The van der Waals surface area contributed by atoms with E-state index in [1.807, 2.05) is 0 Å². The molecule has 0 spiro atoms. The molecule has 0 aliphatic rings. The molecule has 28 heavy (non-hydrogen) atoms. The first-order chi connectivity index (χ1) is 13.1. The molecule has 152 valence electrons. The van der Waals surface area contributed by atoms with Gasteiger partial charge in [-0.2, -0.15) is 13.5 Å². The molecule has 1 amide bonds. The molecule has 2 rings (SSSR count). The van der Waals surface area contributed by atoms with Crippen LogP contribution in [-0.4, -0.2) is 27.0 Å². The minimum absolute atomic E-state index is 0.0264. The van der Waals surface area contributed by atoms with E-state index < -0.39 is 34.6 Å². The fourth-order valence-corrected chi connectivity index (χ4v) is 3.68. The van der Waals surface area contributed by atoms with Gasteiger partial charge < -0.3 is 10.1 Å². The molecule has 2 aromatic rings. The Morgan fingerprint density at radius 1 is 1.11 bits per heavy atom. The zero-order chi connectivity index (χ0) is 20.9. The Hall–Kier alpha value is -2.23. The van der Waals surface area contributed by atoms with E-state index in [4.69, 9.17) is 11.6 Å². The highest BCUT2D eigenvalue weighted by Crippen LogP contribution is 2.21. The molecule has 0 saturated heterocycles. The number of carbonyl (C=O) groups excluding carboxylic acids is 1. The molecule has 6 nitrogen and oxygen atoms in total. The Bertz CT molecular complexity index is 923. The fraction of sp³-hybridized carbons (Fsp3) is 0.278. The quantitative estimate of drug-likeness (QED) is 0.668. The Morgan fingerprint density at radius 3 is 2.36 bits per heavy atom. The van der Waals surface area contributed by atoms with Crippen LogP contribution in [0.5, 0.6) is 5.75 Å². The SMILES string of the molecule is CC(NC(=O)[C@H](C)NS(=O)(=O)c1ccc(Cl)cc1)c1cccc(OC(F)F)c1. The van der Waals surface area contributed by atoms with E-state index >= 15 is 0 Å². The van der Waals surface area contributed by atoms with Gasteiger partial charge in [0.15, 0.2) is 0 Å². The maximum Gasteiger partial charge on any atom is 0.387 e. The molecular weight excluding hydrogens is 414 g/mol. The largest absolute Gasteiger partial charge is 0.435 e. The third-order valence-electron chi connectivity index (χ3n) is 3.79. The highest BCUT2D eigenvalue weighted by Gasteiger charge is 2.23. The lowest BCUT2D eigenvalue weighted by molar-refractivity contribution is -0.123. The topological polar surface area (TPSA) is 84.5 Å². The molecule has 0 aromatic heterocycles. The normalized spacial score (nSPS) is 13.8. The Morgan fingerprint density at radius 2 is 1.75 bits per heavy atom. The van der Waals surface area contributed by atoms with Gasteiger partial charge >= 0.3 is 6.61 Å². The van der Waals surface area contributed by atoms with Crippen molar-refractivity contribution in [1.29, 1.82) is 0 Å². The summed E-state index contributed by atoms with van der Waals surface area (Å²) in [5.41, 5.74) is 0.527. The summed E-state index contributed by atoms with van der Waals surface area (Å²) in [6.07, 6.45) is 0. The average molecular weight is 433 g/mol. The van der Waals surface area contributed by atoms with Crippen molar-refractivity contribution in [2.24, 2.45) is 0 Å². The molecule has 0 aliphatic heterocycles. The Labute approximate surface area is 166 Å². The number of nitrogens with one attached hydrogen (secondary N) is 2. The lowest BCUT2D eigenvalue weighted by Gasteiger charge is -2.19. The molecule has 1 unspecified atom stereocenters. The maximum atomic E-state index is 12.3. The predicted octanol–water partition coefficient (Wildman–Crippen LogP) is 3.49. The van der Waals surface area contributed by atoms with Crippen molar-refractivity contribution < 1.29 is 26.7 Å². The van der Waals surface area contributed by atoms with Crippen LogP contribution in [-0.2, 0) is 14.8 Å².